The Labute approximate surface area is 132 Å². The second kappa shape index (κ2) is 5.46. The van der Waals surface area contributed by atoms with Crippen LogP contribution in [0, 0.1) is 6.92 Å². The van der Waals surface area contributed by atoms with Crippen molar-refractivity contribution in [3.05, 3.63) is 46.5 Å². The average Bonchev–Trinajstić information content (AvgIpc) is 3.10. The Morgan fingerprint density at radius 1 is 1.41 bits per heavy atom. The van der Waals surface area contributed by atoms with E-state index >= 15 is 0 Å². The maximum atomic E-state index is 12.5. The van der Waals surface area contributed by atoms with Crippen molar-refractivity contribution in [2.75, 3.05) is 7.05 Å². The lowest BCUT2D eigenvalue weighted by Crippen LogP contribution is -2.31. The molecule has 0 radical (unpaired) electrons. The third kappa shape index (κ3) is 2.46. The van der Waals surface area contributed by atoms with Gasteiger partial charge in [-0.25, -0.2) is 4.98 Å². The molecule has 0 aliphatic carbocycles. The van der Waals surface area contributed by atoms with Gasteiger partial charge in [0.15, 0.2) is 0 Å². The fourth-order valence-electron chi connectivity index (χ4n) is 2.30. The fraction of sp³-hybridized carbons (Fsp3) is 0.267. The van der Waals surface area contributed by atoms with Crippen molar-refractivity contribution in [2.45, 2.75) is 19.9 Å². The van der Waals surface area contributed by atoms with E-state index in [-0.39, 0.29) is 11.9 Å². The molecule has 0 bridgehead atoms. The summed E-state index contributed by atoms with van der Waals surface area (Å²) in [7, 11) is 1.74. The van der Waals surface area contributed by atoms with E-state index in [0.717, 1.165) is 16.6 Å². The minimum Gasteiger partial charge on any atom is -0.340 e. The molecule has 3 aromatic rings. The summed E-state index contributed by atoms with van der Waals surface area (Å²) in [6.45, 7) is 3.77. The molecule has 3 rings (SSSR count). The lowest BCUT2D eigenvalue weighted by atomic mass is 10.2. The minimum atomic E-state index is -0.207. The standard InChI is InChI=1S/C15H16ClN5O/c1-8-7-17-20-13(8)15(22)21(3)9(2)14-18-11-5-4-10(16)6-12(11)19-14/h4-7,9H,1-3H3,(H,17,20)(H,18,19). The number of hydrogen-bond acceptors (Lipinski definition) is 3. The van der Waals surface area contributed by atoms with Gasteiger partial charge in [0.25, 0.3) is 5.91 Å². The van der Waals surface area contributed by atoms with Crippen LogP contribution in [0.3, 0.4) is 0 Å². The smallest absolute Gasteiger partial charge is 0.272 e. The van der Waals surface area contributed by atoms with Gasteiger partial charge in [0.2, 0.25) is 0 Å². The van der Waals surface area contributed by atoms with Gasteiger partial charge in [0, 0.05) is 12.1 Å². The summed E-state index contributed by atoms with van der Waals surface area (Å²) in [6.07, 6.45) is 1.63. The maximum absolute atomic E-state index is 12.5. The Morgan fingerprint density at radius 3 is 2.86 bits per heavy atom. The highest BCUT2D eigenvalue weighted by Crippen LogP contribution is 2.23. The number of aryl methyl sites for hydroxylation is 1. The molecular weight excluding hydrogens is 302 g/mol. The molecule has 0 aliphatic rings. The number of nitrogens with one attached hydrogen (secondary N) is 2. The molecular formula is C15H16ClN5O. The molecule has 114 valence electrons. The number of aromatic amines is 2. The van der Waals surface area contributed by atoms with E-state index in [2.05, 4.69) is 20.2 Å². The van der Waals surface area contributed by atoms with E-state index in [9.17, 15) is 4.79 Å². The molecule has 2 N–H and O–H groups in total. The first-order valence-corrected chi connectivity index (χ1v) is 7.27. The zero-order valence-electron chi connectivity index (χ0n) is 12.5. The highest BCUT2D eigenvalue weighted by atomic mass is 35.5. The second-order valence-electron chi connectivity index (χ2n) is 5.30. The van der Waals surface area contributed by atoms with Crippen molar-refractivity contribution in [3.8, 4) is 0 Å². The van der Waals surface area contributed by atoms with Crippen LogP contribution in [-0.2, 0) is 0 Å². The Morgan fingerprint density at radius 2 is 2.18 bits per heavy atom. The molecule has 1 amide bonds. The summed E-state index contributed by atoms with van der Waals surface area (Å²) in [5.74, 6) is 0.589. The largest absolute Gasteiger partial charge is 0.340 e. The van der Waals surface area contributed by atoms with Crippen molar-refractivity contribution in [1.29, 1.82) is 0 Å². The van der Waals surface area contributed by atoms with Crippen LogP contribution in [0.25, 0.3) is 11.0 Å². The first kappa shape index (κ1) is 14.6. The molecule has 0 spiro atoms. The first-order valence-electron chi connectivity index (χ1n) is 6.89. The van der Waals surface area contributed by atoms with Gasteiger partial charge in [0.1, 0.15) is 11.5 Å². The molecule has 1 aromatic carbocycles. The molecule has 1 unspecified atom stereocenters. The maximum Gasteiger partial charge on any atom is 0.272 e. The molecule has 0 fully saturated rings. The van der Waals surface area contributed by atoms with Crippen molar-refractivity contribution in [3.63, 3.8) is 0 Å². The van der Waals surface area contributed by atoms with Crippen molar-refractivity contribution >= 4 is 28.5 Å². The molecule has 0 aliphatic heterocycles. The van der Waals surface area contributed by atoms with Crippen LogP contribution in [-0.4, -0.2) is 38.0 Å². The number of nitrogens with zero attached hydrogens (tertiary/aromatic N) is 3. The lowest BCUT2D eigenvalue weighted by Gasteiger charge is -2.22. The summed E-state index contributed by atoms with van der Waals surface area (Å²) in [5.41, 5.74) is 2.99. The number of benzene rings is 1. The average molecular weight is 318 g/mol. The summed E-state index contributed by atoms with van der Waals surface area (Å²) in [6, 6.07) is 5.26. The second-order valence-corrected chi connectivity index (χ2v) is 5.74. The van der Waals surface area contributed by atoms with Gasteiger partial charge in [-0.15, -0.1) is 0 Å². The van der Waals surface area contributed by atoms with Crippen molar-refractivity contribution < 1.29 is 4.79 Å². The zero-order chi connectivity index (χ0) is 15.9. The van der Waals surface area contributed by atoms with Gasteiger partial charge in [-0.2, -0.15) is 5.10 Å². The Kier molecular flexibility index (Phi) is 3.62. The predicted molar refractivity (Wildman–Crippen MR) is 84.9 cm³/mol. The van der Waals surface area contributed by atoms with Gasteiger partial charge in [-0.1, -0.05) is 11.6 Å². The third-order valence-electron chi connectivity index (χ3n) is 3.80. The Balaban J connectivity index is 1.89. The number of halogens is 1. The quantitative estimate of drug-likeness (QED) is 0.779. The number of carbonyl (C=O) groups excluding carboxylic acids is 1. The van der Waals surface area contributed by atoms with Crippen molar-refractivity contribution in [1.82, 2.24) is 25.1 Å². The lowest BCUT2D eigenvalue weighted by molar-refractivity contribution is 0.0730. The van der Waals surface area contributed by atoms with Crippen LogP contribution in [0.2, 0.25) is 5.02 Å². The normalized spacial score (nSPS) is 12.5. The van der Waals surface area contributed by atoms with E-state index in [1.54, 1.807) is 24.2 Å². The fourth-order valence-corrected chi connectivity index (χ4v) is 2.47. The molecule has 2 aromatic heterocycles. The number of fused-ring (bicyclic) bond motifs is 1. The van der Waals surface area contributed by atoms with Crippen LogP contribution in [0.5, 0.6) is 0 Å². The van der Waals surface area contributed by atoms with Gasteiger partial charge < -0.3 is 9.88 Å². The number of H-pyrrole nitrogens is 2. The van der Waals surface area contributed by atoms with Crippen molar-refractivity contribution in [2.24, 2.45) is 0 Å². The third-order valence-corrected chi connectivity index (χ3v) is 4.04. The summed E-state index contributed by atoms with van der Waals surface area (Å²) in [4.78, 5) is 21.9. The van der Waals surface area contributed by atoms with E-state index in [4.69, 9.17) is 11.6 Å². The van der Waals surface area contributed by atoms with E-state index in [1.807, 2.05) is 26.0 Å². The Hall–Kier alpha value is -2.34. The summed E-state index contributed by atoms with van der Waals surface area (Å²) in [5, 5.41) is 7.27. The number of imidazole rings is 1. The SMILES string of the molecule is Cc1cn[nH]c1C(=O)N(C)C(C)c1nc2ccc(Cl)cc2[nH]1. The van der Waals surface area contributed by atoms with E-state index in [1.165, 1.54) is 0 Å². The predicted octanol–water partition coefficient (Wildman–Crippen LogP) is 3.08. The highest BCUT2D eigenvalue weighted by molar-refractivity contribution is 6.31. The van der Waals surface area contributed by atoms with Gasteiger partial charge >= 0.3 is 0 Å². The monoisotopic (exact) mass is 317 g/mol. The number of carbonyl (C=O) groups is 1. The molecule has 1 atom stereocenters. The Bertz CT molecular complexity index is 837. The van der Waals surface area contributed by atoms with Crippen LogP contribution < -0.4 is 0 Å². The van der Waals surface area contributed by atoms with Gasteiger partial charge in [0.05, 0.1) is 23.3 Å². The molecule has 22 heavy (non-hydrogen) atoms. The van der Waals surface area contributed by atoms with Gasteiger partial charge in [-0.3, -0.25) is 9.89 Å². The summed E-state index contributed by atoms with van der Waals surface area (Å²) < 4.78 is 0. The number of hydrogen-bond donors (Lipinski definition) is 2. The van der Waals surface area contributed by atoms with Crippen LogP contribution in [0.15, 0.2) is 24.4 Å². The highest BCUT2D eigenvalue weighted by Gasteiger charge is 2.23. The topological polar surface area (TPSA) is 77.7 Å². The number of aromatic nitrogens is 4. The molecule has 6 nitrogen and oxygen atoms in total. The van der Waals surface area contributed by atoms with Crippen LogP contribution >= 0.6 is 11.6 Å². The molecule has 7 heteroatoms. The molecule has 2 heterocycles. The summed E-state index contributed by atoms with van der Waals surface area (Å²) >= 11 is 5.98. The van der Waals surface area contributed by atoms with Crippen LogP contribution in [0.4, 0.5) is 0 Å². The van der Waals surface area contributed by atoms with E-state index in [0.29, 0.717) is 16.5 Å². The first-order chi connectivity index (χ1) is 10.5. The van der Waals surface area contributed by atoms with E-state index < -0.39 is 0 Å². The molecule has 0 saturated heterocycles. The molecule has 0 saturated carbocycles. The van der Waals surface area contributed by atoms with Gasteiger partial charge in [-0.05, 0) is 37.6 Å². The van der Waals surface area contributed by atoms with Crippen LogP contribution in [0.1, 0.15) is 34.8 Å². The zero-order valence-corrected chi connectivity index (χ0v) is 13.3. The number of amides is 1. The number of rotatable bonds is 3. The minimum absolute atomic E-state index is 0.124.